The molecule has 0 bridgehead atoms. The fourth-order valence-electron chi connectivity index (χ4n) is 3.01. The fourth-order valence-corrected chi connectivity index (χ4v) is 3.01. The molecule has 0 amide bonds. The number of aromatic nitrogens is 1. The predicted octanol–water partition coefficient (Wildman–Crippen LogP) is 4.17. The van der Waals surface area contributed by atoms with Gasteiger partial charge in [0.05, 0.1) is 0 Å². The van der Waals surface area contributed by atoms with Crippen molar-refractivity contribution in [2.45, 2.75) is 46.5 Å². The predicted molar refractivity (Wildman–Crippen MR) is 87.4 cm³/mol. The summed E-state index contributed by atoms with van der Waals surface area (Å²) in [6.45, 7) is 10.3. The lowest BCUT2D eigenvalue weighted by molar-refractivity contribution is 0.351. The van der Waals surface area contributed by atoms with Gasteiger partial charge in [-0.2, -0.15) is 0 Å². The molecule has 0 saturated carbocycles. The fraction of sp³-hybridized carbons (Fsp3) is 0.706. The first-order valence-electron chi connectivity index (χ1n) is 8.15. The Morgan fingerprint density at radius 1 is 1.35 bits per heavy atom. The Labute approximate surface area is 123 Å². The highest BCUT2D eigenvalue weighted by Crippen LogP contribution is 2.27. The maximum atomic E-state index is 4.40. The van der Waals surface area contributed by atoms with Crippen LogP contribution in [0.4, 0.5) is 11.5 Å². The number of rotatable bonds is 5. The van der Waals surface area contributed by atoms with Gasteiger partial charge in [-0.25, -0.2) is 4.98 Å². The summed E-state index contributed by atoms with van der Waals surface area (Å²) in [7, 11) is 0. The minimum absolute atomic E-state index is 0.814. The molecule has 112 valence electrons. The second-order valence-corrected chi connectivity index (χ2v) is 6.25. The average Bonchev–Trinajstić information content (AvgIpc) is 2.71. The third-order valence-electron chi connectivity index (χ3n) is 4.38. The van der Waals surface area contributed by atoms with Crippen molar-refractivity contribution in [1.29, 1.82) is 0 Å². The zero-order valence-corrected chi connectivity index (χ0v) is 13.2. The summed E-state index contributed by atoms with van der Waals surface area (Å²) in [6.07, 6.45) is 7.06. The van der Waals surface area contributed by atoms with Gasteiger partial charge in [-0.15, -0.1) is 0 Å². The van der Waals surface area contributed by atoms with Crippen molar-refractivity contribution in [3.63, 3.8) is 0 Å². The Morgan fingerprint density at radius 2 is 2.20 bits per heavy atom. The van der Waals surface area contributed by atoms with Crippen LogP contribution in [0.2, 0.25) is 0 Å². The van der Waals surface area contributed by atoms with Crippen LogP contribution in [0.1, 0.15) is 46.5 Å². The summed E-state index contributed by atoms with van der Waals surface area (Å²) in [6, 6.07) is 4.35. The number of anilines is 2. The number of pyridine rings is 1. The van der Waals surface area contributed by atoms with E-state index in [-0.39, 0.29) is 0 Å². The lowest BCUT2D eigenvalue weighted by Gasteiger charge is -2.24. The summed E-state index contributed by atoms with van der Waals surface area (Å²) >= 11 is 0. The van der Waals surface area contributed by atoms with Gasteiger partial charge in [-0.1, -0.05) is 20.8 Å². The number of nitrogens with one attached hydrogen (secondary N) is 1. The van der Waals surface area contributed by atoms with Crippen molar-refractivity contribution in [3.8, 4) is 0 Å². The molecule has 1 aliphatic heterocycles. The van der Waals surface area contributed by atoms with Crippen molar-refractivity contribution in [2.24, 2.45) is 11.8 Å². The Morgan fingerprint density at radius 3 is 2.95 bits per heavy atom. The van der Waals surface area contributed by atoms with E-state index in [4.69, 9.17) is 0 Å². The van der Waals surface area contributed by atoms with E-state index in [0.717, 1.165) is 30.6 Å². The van der Waals surface area contributed by atoms with Crippen LogP contribution in [-0.4, -0.2) is 24.6 Å². The highest BCUT2D eigenvalue weighted by Gasteiger charge is 2.19. The zero-order valence-electron chi connectivity index (χ0n) is 13.2. The van der Waals surface area contributed by atoms with Crippen LogP contribution in [0.5, 0.6) is 0 Å². The van der Waals surface area contributed by atoms with Crippen molar-refractivity contribution < 1.29 is 0 Å². The Kier molecular flexibility index (Phi) is 5.69. The van der Waals surface area contributed by atoms with Crippen molar-refractivity contribution in [3.05, 3.63) is 18.3 Å². The van der Waals surface area contributed by atoms with E-state index in [1.807, 2.05) is 6.20 Å². The quantitative estimate of drug-likeness (QED) is 0.874. The van der Waals surface area contributed by atoms with E-state index in [9.17, 15) is 0 Å². The summed E-state index contributed by atoms with van der Waals surface area (Å²) in [5.41, 5.74) is 1.32. The standard InChI is InChI=1S/C17H29N3/c1-4-9-18-17-13-16(7-10-19-17)20-11-5-6-15(8-12-20)14(2)3/h7,10,13-15H,4-6,8-9,11-12H2,1-3H3,(H,18,19). The maximum Gasteiger partial charge on any atom is 0.127 e. The lowest BCUT2D eigenvalue weighted by atomic mass is 9.89. The van der Waals surface area contributed by atoms with Gasteiger partial charge in [0, 0.05) is 37.6 Å². The van der Waals surface area contributed by atoms with Crippen LogP contribution in [0, 0.1) is 11.8 Å². The molecule has 1 aromatic heterocycles. The van der Waals surface area contributed by atoms with Gasteiger partial charge in [-0.3, -0.25) is 0 Å². The first-order valence-corrected chi connectivity index (χ1v) is 8.15. The van der Waals surface area contributed by atoms with Crippen LogP contribution in [0.15, 0.2) is 18.3 Å². The third-order valence-corrected chi connectivity index (χ3v) is 4.38. The minimum Gasteiger partial charge on any atom is -0.371 e. The van der Waals surface area contributed by atoms with E-state index in [0.29, 0.717) is 0 Å². The molecule has 0 aliphatic carbocycles. The first kappa shape index (κ1) is 15.1. The van der Waals surface area contributed by atoms with Gasteiger partial charge in [0.1, 0.15) is 5.82 Å². The molecule has 0 aromatic carbocycles. The average molecular weight is 275 g/mol. The van der Waals surface area contributed by atoms with E-state index < -0.39 is 0 Å². The third kappa shape index (κ3) is 4.12. The van der Waals surface area contributed by atoms with Crippen molar-refractivity contribution in [1.82, 2.24) is 4.98 Å². The SMILES string of the molecule is CCCNc1cc(N2CCCC(C(C)C)CC2)ccn1. The van der Waals surface area contributed by atoms with Crippen LogP contribution in [0.25, 0.3) is 0 Å². The van der Waals surface area contributed by atoms with Crippen molar-refractivity contribution >= 4 is 11.5 Å². The van der Waals surface area contributed by atoms with Crippen LogP contribution >= 0.6 is 0 Å². The molecule has 3 heteroatoms. The molecule has 2 rings (SSSR count). The smallest absolute Gasteiger partial charge is 0.127 e. The van der Waals surface area contributed by atoms with Gasteiger partial charge < -0.3 is 10.2 Å². The largest absolute Gasteiger partial charge is 0.371 e. The summed E-state index contributed by atoms with van der Waals surface area (Å²) in [4.78, 5) is 6.93. The second kappa shape index (κ2) is 7.51. The minimum atomic E-state index is 0.814. The van der Waals surface area contributed by atoms with Gasteiger partial charge in [0.2, 0.25) is 0 Å². The lowest BCUT2D eigenvalue weighted by Crippen LogP contribution is -2.24. The number of hydrogen-bond donors (Lipinski definition) is 1. The molecule has 1 unspecified atom stereocenters. The van der Waals surface area contributed by atoms with Gasteiger partial charge in [-0.05, 0) is 43.6 Å². The van der Waals surface area contributed by atoms with Gasteiger partial charge in [0.25, 0.3) is 0 Å². The number of nitrogens with zero attached hydrogens (tertiary/aromatic N) is 2. The van der Waals surface area contributed by atoms with Crippen LogP contribution in [-0.2, 0) is 0 Å². The molecule has 1 atom stereocenters. The molecular formula is C17H29N3. The van der Waals surface area contributed by atoms with E-state index in [2.05, 4.69) is 48.1 Å². The molecule has 3 nitrogen and oxygen atoms in total. The second-order valence-electron chi connectivity index (χ2n) is 6.25. The van der Waals surface area contributed by atoms with E-state index in [1.165, 1.54) is 38.0 Å². The highest BCUT2D eigenvalue weighted by atomic mass is 15.1. The molecule has 2 heterocycles. The summed E-state index contributed by atoms with van der Waals surface area (Å²) in [5, 5.41) is 3.38. The molecular weight excluding hydrogens is 246 g/mol. The van der Waals surface area contributed by atoms with Crippen molar-refractivity contribution in [2.75, 3.05) is 29.9 Å². The van der Waals surface area contributed by atoms with Gasteiger partial charge in [0.15, 0.2) is 0 Å². The summed E-state index contributed by atoms with van der Waals surface area (Å²) < 4.78 is 0. The molecule has 1 N–H and O–H groups in total. The maximum absolute atomic E-state index is 4.40. The normalized spacial score (nSPS) is 20.0. The van der Waals surface area contributed by atoms with E-state index >= 15 is 0 Å². The zero-order chi connectivity index (χ0) is 14.4. The molecule has 1 aromatic rings. The highest BCUT2D eigenvalue weighted by molar-refractivity contribution is 5.53. The molecule has 1 aliphatic rings. The Balaban J connectivity index is 2.00. The monoisotopic (exact) mass is 275 g/mol. The Bertz CT molecular complexity index is 403. The Hall–Kier alpha value is -1.25. The topological polar surface area (TPSA) is 28.2 Å². The molecule has 0 radical (unpaired) electrons. The number of hydrogen-bond acceptors (Lipinski definition) is 3. The molecule has 20 heavy (non-hydrogen) atoms. The molecule has 1 saturated heterocycles. The molecule has 0 spiro atoms. The van der Waals surface area contributed by atoms with Gasteiger partial charge >= 0.3 is 0 Å². The molecule has 1 fully saturated rings. The van der Waals surface area contributed by atoms with E-state index in [1.54, 1.807) is 0 Å². The van der Waals surface area contributed by atoms with Crippen LogP contribution in [0.3, 0.4) is 0 Å². The summed E-state index contributed by atoms with van der Waals surface area (Å²) in [5.74, 6) is 2.71. The van der Waals surface area contributed by atoms with Crippen LogP contribution < -0.4 is 10.2 Å². The first-order chi connectivity index (χ1) is 9.70.